The highest BCUT2D eigenvalue weighted by molar-refractivity contribution is 5.59. The van der Waals surface area contributed by atoms with Gasteiger partial charge in [-0.3, -0.25) is 0 Å². The molecule has 0 amide bonds. The molecule has 3 rings (SSSR count). The Morgan fingerprint density at radius 2 is 2.29 bits per heavy atom. The maximum Gasteiger partial charge on any atom is 0.119 e. The number of benzene rings is 1. The number of hydrogen-bond acceptors (Lipinski definition) is 3. The molecule has 1 saturated heterocycles. The fourth-order valence-electron chi connectivity index (χ4n) is 3.28. The van der Waals surface area contributed by atoms with Crippen LogP contribution in [-0.2, 0) is 0 Å². The second-order valence-electron chi connectivity index (χ2n) is 5.16. The van der Waals surface area contributed by atoms with Crippen molar-refractivity contribution >= 4 is 5.69 Å². The number of hydrogen-bond donors (Lipinski definition) is 1. The van der Waals surface area contributed by atoms with Gasteiger partial charge in [-0.05, 0) is 48.6 Å². The number of nitrogens with zero attached hydrogens (tertiary/aromatic N) is 1. The molecule has 17 heavy (non-hydrogen) atoms. The van der Waals surface area contributed by atoms with Gasteiger partial charge in [-0.25, -0.2) is 0 Å². The Morgan fingerprint density at radius 1 is 1.41 bits per heavy atom. The average Bonchev–Trinajstić information content (AvgIpc) is 2.38. The molecule has 0 saturated carbocycles. The molecule has 0 radical (unpaired) electrons. The zero-order valence-corrected chi connectivity index (χ0v) is 10.6. The van der Waals surface area contributed by atoms with E-state index < -0.39 is 0 Å². The van der Waals surface area contributed by atoms with Gasteiger partial charge in [-0.15, -0.1) is 0 Å². The predicted octanol–water partition coefficient (Wildman–Crippen LogP) is 1.84. The van der Waals surface area contributed by atoms with Gasteiger partial charge in [0.1, 0.15) is 5.75 Å². The molecule has 3 heteroatoms. The van der Waals surface area contributed by atoms with Gasteiger partial charge >= 0.3 is 0 Å². The van der Waals surface area contributed by atoms with Gasteiger partial charge in [0, 0.05) is 25.8 Å². The molecule has 2 atom stereocenters. The SMILES string of the molecule is COc1ccc2c(c1)C1CCNCC1CN2C. The van der Waals surface area contributed by atoms with Crippen molar-refractivity contribution in [2.75, 3.05) is 38.7 Å². The number of nitrogens with one attached hydrogen (secondary N) is 1. The summed E-state index contributed by atoms with van der Waals surface area (Å²) in [6.45, 7) is 3.45. The third kappa shape index (κ3) is 1.78. The number of methoxy groups -OCH3 is 1. The van der Waals surface area contributed by atoms with Crippen molar-refractivity contribution in [3.8, 4) is 5.75 Å². The molecule has 3 nitrogen and oxygen atoms in total. The molecule has 2 heterocycles. The maximum absolute atomic E-state index is 5.36. The first-order valence-electron chi connectivity index (χ1n) is 6.39. The first-order valence-corrected chi connectivity index (χ1v) is 6.39. The number of fused-ring (bicyclic) bond motifs is 3. The number of rotatable bonds is 1. The van der Waals surface area contributed by atoms with E-state index in [1.165, 1.54) is 17.7 Å². The third-order valence-corrected chi connectivity index (χ3v) is 4.16. The standard InChI is InChI=1S/C14H20N2O/c1-16-9-10-8-15-6-5-12(10)13-7-11(17-2)3-4-14(13)16/h3-4,7,10,12,15H,5-6,8-9H2,1-2H3. The van der Waals surface area contributed by atoms with Crippen LogP contribution in [0.15, 0.2) is 18.2 Å². The van der Waals surface area contributed by atoms with Crippen molar-refractivity contribution in [1.82, 2.24) is 5.32 Å². The van der Waals surface area contributed by atoms with Crippen LogP contribution >= 0.6 is 0 Å². The summed E-state index contributed by atoms with van der Waals surface area (Å²) < 4.78 is 5.36. The summed E-state index contributed by atoms with van der Waals surface area (Å²) in [7, 11) is 3.93. The highest BCUT2D eigenvalue weighted by atomic mass is 16.5. The van der Waals surface area contributed by atoms with Crippen molar-refractivity contribution in [1.29, 1.82) is 0 Å². The van der Waals surface area contributed by atoms with E-state index in [0.717, 1.165) is 31.3 Å². The average molecular weight is 232 g/mol. The van der Waals surface area contributed by atoms with Crippen LogP contribution in [0.4, 0.5) is 5.69 Å². The van der Waals surface area contributed by atoms with Crippen molar-refractivity contribution in [3.63, 3.8) is 0 Å². The van der Waals surface area contributed by atoms with E-state index in [9.17, 15) is 0 Å². The van der Waals surface area contributed by atoms with Gasteiger partial charge in [-0.1, -0.05) is 0 Å². The Kier molecular flexibility index (Phi) is 2.71. The Morgan fingerprint density at radius 3 is 3.12 bits per heavy atom. The minimum atomic E-state index is 0.706. The topological polar surface area (TPSA) is 24.5 Å². The number of ether oxygens (including phenoxy) is 1. The van der Waals surface area contributed by atoms with Gasteiger partial charge in [0.25, 0.3) is 0 Å². The summed E-state index contributed by atoms with van der Waals surface area (Å²) in [6.07, 6.45) is 1.25. The fourth-order valence-corrected chi connectivity index (χ4v) is 3.28. The summed E-state index contributed by atoms with van der Waals surface area (Å²) in [6, 6.07) is 6.50. The second-order valence-corrected chi connectivity index (χ2v) is 5.16. The quantitative estimate of drug-likeness (QED) is 0.799. The molecule has 1 aromatic carbocycles. The van der Waals surface area contributed by atoms with Crippen LogP contribution in [0.1, 0.15) is 17.9 Å². The van der Waals surface area contributed by atoms with Gasteiger partial charge in [-0.2, -0.15) is 0 Å². The molecule has 1 N–H and O–H groups in total. The van der Waals surface area contributed by atoms with Gasteiger partial charge in [0.05, 0.1) is 7.11 Å². The lowest BCUT2D eigenvalue weighted by Crippen LogP contribution is -2.44. The van der Waals surface area contributed by atoms with E-state index in [1.54, 1.807) is 7.11 Å². The molecule has 2 aliphatic heterocycles. The Hall–Kier alpha value is -1.22. The Labute approximate surface area is 103 Å². The molecule has 0 spiro atoms. The van der Waals surface area contributed by atoms with Crippen molar-refractivity contribution in [2.45, 2.75) is 12.3 Å². The van der Waals surface area contributed by atoms with Crippen LogP contribution in [0, 0.1) is 5.92 Å². The zero-order valence-electron chi connectivity index (χ0n) is 10.6. The molecule has 2 aliphatic rings. The van der Waals surface area contributed by atoms with Crippen LogP contribution in [0.2, 0.25) is 0 Å². The van der Waals surface area contributed by atoms with Gasteiger partial charge in [0.2, 0.25) is 0 Å². The van der Waals surface area contributed by atoms with Crippen molar-refractivity contribution in [2.24, 2.45) is 5.92 Å². The van der Waals surface area contributed by atoms with Crippen LogP contribution in [0.5, 0.6) is 5.75 Å². The lowest BCUT2D eigenvalue weighted by atomic mass is 9.77. The van der Waals surface area contributed by atoms with E-state index in [2.05, 4.69) is 35.5 Å². The van der Waals surface area contributed by atoms with E-state index >= 15 is 0 Å². The summed E-state index contributed by atoms with van der Waals surface area (Å²) in [4.78, 5) is 2.38. The van der Waals surface area contributed by atoms with E-state index in [1.807, 2.05) is 0 Å². The van der Waals surface area contributed by atoms with E-state index in [0.29, 0.717) is 5.92 Å². The fraction of sp³-hybridized carbons (Fsp3) is 0.571. The molecule has 92 valence electrons. The molecular formula is C14H20N2O. The molecular weight excluding hydrogens is 212 g/mol. The van der Waals surface area contributed by atoms with Crippen molar-refractivity contribution in [3.05, 3.63) is 23.8 Å². The number of anilines is 1. The van der Waals surface area contributed by atoms with Crippen molar-refractivity contribution < 1.29 is 4.74 Å². The van der Waals surface area contributed by atoms with E-state index in [4.69, 9.17) is 4.74 Å². The van der Waals surface area contributed by atoms with Crippen LogP contribution in [-0.4, -0.2) is 33.8 Å². The lowest BCUT2D eigenvalue weighted by Gasteiger charge is -2.42. The van der Waals surface area contributed by atoms with Gasteiger partial charge in [0.15, 0.2) is 0 Å². The summed E-state index contributed by atoms with van der Waals surface area (Å²) in [5, 5.41) is 3.51. The molecule has 1 aromatic rings. The Bertz CT molecular complexity index is 419. The zero-order chi connectivity index (χ0) is 11.8. The minimum Gasteiger partial charge on any atom is -0.497 e. The summed E-state index contributed by atoms with van der Waals surface area (Å²) >= 11 is 0. The maximum atomic E-state index is 5.36. The summed E-state index contributed by atoms with van der Waals surface area (Å²) in [5.74, 6) is 2.43. The highest BCUT2D eigenvalue weighted by Crippen LogP contribution is 2.42. The van der Waals surface area contributed by atoms with E-state index in [-0.39, 0.29) is 0 Å². The summed E-state index contributed by atoms with van der Waals surface area (Å²) in [5.41, 5.74) is 2.86. The normalized spacial score (nSPS) is 27.3. The molecule has 1 fully saturated rings. The smallest absolute Gasteiger partial charge is 0.119 e. The van der Waals surface area contributed by atoms with Crippen LogP contribution in [0.3, 0.4) is 0 Å². The minimum absolute atomic E-state index is 0.706. The lowest BCUT2D eigenvalue weighted by molar-refractivity contribution is 0.317. The Balaban J connectivity index is 2.03. The largest absolute Gasteiger partial charge is 0.497 e. The highest BCUT2D eigenvalue weighted by Gasteiger charge is 2.33. The van der Waals surface area contributed by atoms with Crippen LogP contribution in [0.25, 0.3) is 0 Å². The third-order valence-electron chi connectivity index (χ3n) is 4.16. The molecule has 0 aliphatic carbocycles. The number of piperidine rings is 1. The molecule has 2 unspecified atom stereocenters. The predicted molar refractivity (Wildman–Crippen MR) is 70.0 cm³/mol. The molecule has 0 bridgehead atoms. The van der Waals surface area contributed by atoms with Crippen LogP contribution < -0.4 is 15.0 Å². The first-order chi connectivity index (χ1) is 8.29. The second kappa shape index (κ2) is 4.22. The first kappa shape index (κ1) is 10.9. The van der Waals surface area contributed by atoms with Gasteiger partial charge < -0.3 is 15.0 Å². The molecule has 0 aromatic heterocycles. The monoisotopic (exact) mass is 232 g/mol.